The molecule has 1 atom stereocenters. The lowest BCUT2D eigenvalue weighted by atomic mass is 10.2. The number of rotatable bonds is 4. The highest BCUT2D eigenvalue weighted by Gasteiger charge is 2.12. The maximum absolute atomic E-state index is 12.3. The Bertz CT molecular complexity index is 819. The lowest BCUT2D eigenvalue weighted by Gasteiger charge is -1.99. The topological polar surface area (TPSA) is 136 Å². The molecular formula is C14H16N4O3S. The summed E-state index contributed by atoms with van der Waals surface area (Å²) in [5, 5.41) is 9.51. The Balaban J connectivity index is 0.00000176. The summed E-state index contributed by atoms with van der Waals surface area (Å²) in [6.45, 7) is -0.0411. The highest BCUT2D eigenvalue weighted by atomic mass is 32.2. The minimum Gasteiger partial charge on any atom is -0.412 e. The van der Waals surface area contributed by atoms with Crippen LogP contribution < -0.4 is 5.73 Å². The Kier molecular flexibility index (Phi) is 4.86. The number of nitrogens with one attached hydrogen (secondary N) is 1. The summed E-state index contributed by atoms with van der Waals surface area (Å²) in [5.41, 5.74) is 8.52. The number of nitrogens with zero attached hydrogens (tertiary/aromatic N) is 2. The molecule has 6 N–H and O–H groups in total. The van der Waals surface area contributed by atoms with E-state index in [9.17, 15) is 4.21 Å². The third-order valence-corrected chi connectivity index (χ3v) is 4.21. The van der Waals surface area contributed by atoms with Crippen LogP contribution in [0.2, 0.25) is 0 Å². The SMILES string of the molecule is Nc1cccc(CS(=O)c2nc3ccc(CO)cc3[nH]2)n1.O. The van der Waals surface area contributed by atoms with Crippen molar-refractivity contribution in [1.82, 2.24) is 15.0 Å². The molecule has 116 valence electrons. The van der Waals surface area contributed by atoms with Crippen molar-refractivity contribution in [2.75, 3.05) is 5.73 Å². The molecule has 8 heteroatoms. The molecule has 0 aliphatic carbocycles. The van der Waals surface area contributed by atoms with E-state index in [1.807, 2.05) is 0 Å². The van der Waals surface area contributed by atoms with Gasteiger partial charge in [-0.05, 0) is 29.8 Å². The molecule has 3 aromatic rings. The number of hydrogen-bond donors (Lipinski definition) is 3. The molecule has 7 nitrogen and oxygen atoms in total. The van der Waals surface area contributed by atoms with E-state index in [1.165, 1.54) is 0 Å². The van der Waals surface area contributed by atoms with Gasteiger partial charge in [-0.25, -0.2) is 9.97 Å². The van der Waals surface area contributed by atoms with Crippen LogP contribution in [0.5, 0.6) is 0 Å². The number of aliphatic hydroxyl groups excluding tert-OH is 1. The van der Waals surface area contributed by atoms with Crippen LogP contribution in [0.15, 0.2) is 41.6 Å². The molecule has 0 spiro atoms. The number of benzene rings is 1. The number of nitrogens with two attached hydrogens (primary N) is 1. The number of imidazole rings is 1. The lowest BCUT2D eigenvalue weighted by molar-refractivity contribution is 0.282. The first-order valence-electron chi connectivity index (χ1n) is 6.35. The van der Waals surface area contributed by atoms with Crippen molar-refractivity contribution in [2.45, 2.75) is 17.5 Å². The fourth-order valence-electron chi connectivity index (χ4n) is 2.02. The molecule has 1 unspecified atom stereocenters. The molecule has 0 aliphatic heterocycles. The Morgan fingerprint density at radius 1 is 1.23 bits per heavy atom. The van der Waals surface area contributed by atoms with Crippen molar-refractivity contribution in [3.63, 3.8) is 0 Å². The summed E-state index contributed by atoms with van der Waals surface area (Å²) in [6, 6.07) is 10.6. The van der Waals surface area contributed by atoms with E-state index in [4.69, 9.17) is 10.8 Å². The van der Waals surface area contributed by atoms with Crippen molar-refractivity contribution >= 4 is 27.7 Å². The van der Waals surface area contributed by atoms with Crippen molar-refractivity contribution in [2.24, 2.45) is 0 Å². The van der Waals surface area contributed by atoms with E-state index in [0.717, 1.165) is 16.6 Å². The van der Waals surface area contributed by atoms with Crippen molar-refractivity contribution in [3.05, 3.63) is 47.7 Å². The van der Waals surface area contributed by atoms with Gasteiger partial charge in [0.15, 0.2) is 5.16 Å². The highest BCUT2D eigenvalue weighted by molar-refractivity contribution is 7.84. The van der Waals surface area contributed by atoms with Gasteiger partial charge in [0, 0.05) is 0 Å². The van der Waals surface area contributed by atoms with Crippen LogP contribution >= 0.6 is 0 Å². The number of fused-ring (bicyclic) bond motifs is 1. The number of pyridine rings is 1. The lowest BCUT2D eigenvalue weighted by Crippen LogP contribution is -2.02. The number of hydrogen-bond acceptors (Lipinski definition) is 5. The quantitative estimate of drug-likeness (QED) is 0.643. The van der Waals surface area contributed by atoms with Crippen LogP contribution in [0.1, 0.15) is 11.3 Å². The van der Waals surface area contributed by atoms with Crippen molar-refractivity contribution in [1.29, 1.82) is 0 Å². The van der Waals surface area contributed by atoms with Gasteiger partial charge in [-0.15, -0.1) is 0 Å². The van der Waals surface area contributed by atoms with E-state index in [1.54, 1.807) is 36.4 Å². The van der Waals surface area contributed by atoms with Crippen LogP contribution in [-0.2, 0) is 23.2 Å². The molecule has 0 saturated heterocycles. The molecule has 22 heavy (non-hydrogen) atoms. The Morgan fingerprint density at radius 2 is 2.05 bits per heavy atom. The molecule has 0 amide bonds. The van der Waals surface area contributed by atoms with Crippen molar-refractivity contribution in [3.8, 4) is 0 Å². The summed E-state index contributed by atoms with van der Waals surface area (Å²) in [4.78, 5) is 11.5. The van der Waals surface area contributed by atoms with Gasteiger partial charge in [0.2, 0.25) is 0 Å². The molecule has 0 aliphatic rings. The number of nitrogen functional groups attached to an aromatic ring is 1. The fourth-order valence-corrected chi connectivity index (χ4v) is 3.01. The van der Waals surface area contributed by atoms with E-state index >= 15 is 0 Å². The van der Waals surface area contributed by atoms with Crippen molar-refractivity contribution < 1.29 is 14.8 Å². The second kappa shape index (κ2) is 6.65. The first-order valence-corrected chi connectivity index (χ1v) is 7.67. The number of aromatic amines is 1. The van der Waals surface area contributed by atoms with Crippen LogP contribution in [0.25, 0.3) is 11.0 Å². The molecule has 2 aromatic heterocycles. The zero-order chi connectivity index (χ0) is 14.8. The average molecular weight is 320 g/mol. The van der Waals surface area contributed by atoms with Gasteiger partial charge >= 0.3 is 0 Å². The summed E-state index contributed by atoms with van der Waals surface area (Å²) in [7, 11) is -1.33. The highest BCUT2D eigenvalue weighted by Crippen LogP contribution is 2.17. The normalized spacial score (nSPS) is 12.0. The van der Waals surface area contributed by atoms with Gasteiger partial charge < -0.3 is 21.3 Å². The largest absolute Gasteiger partial charge is 0.412 e. The van der Waals surface area contributed by atoms with Crippen LogP contribution in [-0.4, -0.2) is 29.7 Å². The summed E-state index contributed by atoms with van der Waals surface area (Å²) in [5.74, 6) is 0.652. The Morgan fingerprint density at radius 3 is 2.77 bits per heavy atom. The van der Waals surface area contributed by atoms with Gasteiger partial charge in [0.25, 0.3) is 0 Å². The predicted molar refractivity (Wildman–Crippen MR) is 84.4 cm³/mol. The van der Waals surface area contributed by atoms with E-state index in [2.05, 4.69) is 15.0 Å². The summed E-state index contributed by atoms with van der Waals surface area (Å²) in [6.07, 6.45) is 0. The zero-order valence-electron chi connectivity index (χ0n) is 11.6. The molecule has 1 aromatic carbocycles. The molecule has 0 radical (unpaired) electrons. The molecule has 3 rings (SSSR count). The zero-order valence-corrected chi connectivity index (χ0v) is 12.4. The van der Waals surface area contributed by atoms with Gasteiger partial charge in [-0.2, -0.15) is 0 Å². The second-order valence-electron chi connectivity index (χ2n) is 4.60. The third-order valence-electron chi connectivity index (χ3n) is 3.03. The number of anilines is 1. The van der Waals surface area contributed by atoms with Gasteiger partial charge in [-0.1, -0.05) is 12.1 Å². The number of aromatic nitrogens is 3. The number of H-pyrrole nitrogens is 1. The van der Waals surface area contributed by atoms with Crippen LogP contribution in [0.3, 0.4) is 0 Å². The minimum absolute atomic E-state index is 0. The van der Waals surface area contributed by atoms with E-state index in [0.29, 0.717) is 16.7 Å². The predicted octanol–water partition coefficient (Wildman–Crippen LogP) is 0.515. The third kappa shape index (κ3) is 3.30. The Hall–Kier alpha value is -2.29. The standard InChI is InChI=1S/C14H14N4O2S.H2O/c15-13-3-1-2-10(16-13)8-21(20)14-17-11-5-4-9(7-19)6-12(11)18-14;/h1-6,19H,7-8H2,(H2,15,16)(H,17,18);1H2. The van der Waals surface area contributed by atoms with Crippen LogP contribution in [0, 0.1) is 0 Å². The number of aliphatic hydroxyl groups is 1. The molecular weight excluding hydrogens is 304 g/mol. The summed E-state index contributed by atoms with van der Waals surface area (Å²) < 4.78 is 12.3. The first-order chi connectivity index (χ1) is 10.2. The first kappa shape index (κ1) is 16.1. The molecule has 0 bridgehead atoms. The smallest absolute Gasteiger partial charge is 0.197 e. The second-order valence-corrected chi connectivity index (χ2v) is 5.96. The minimum atomic E-state index is -1.33. The van der Waals surface area contributed by atoms with Gasteiger partial charge in [0.05, 0.1) is 39.9 Å². The maximum Gasteiger partial charge on any atom is 0.197 e. The van der Waals surface area contributed by atoms with Gasteiger partial charge in [-0.3, -0.25) is 4.21 Å². The van der Waals surface area contributed by atoms with E-state index in [-0.39, 0.29) is 17.8 Å². The molecule has 0 fully saturated rings. The monoisotopic (exact) mass is 320 g/mol. The van der Waals surface area contributed by atoms with Crippen LogP contribution in [0.4, 0.5) is 5.82 Å². The van der Waals surface area contributed by atoms with E-state index < -0.39 is 10.8 Å². The molecule has 0 saturated carbocycles. The Labute approximate surface area is 129 Å². The average Bonchev–Trinajstić information content (AvgIpc) is 2.90. The molecule has 2 heterocycles. The maximum atomic E-state index is 12.3. The fraction of sp³-hybridized carbons (Fsp3) is 0.143. The summed E-state index contributed by atoms with van der Waals surface area (Å²) >= 11 is 0. The van der Waals surface area contributed by atoms with Gasteiger partial charge in [0.1, 0.15) is 5.82 Å².